The van der Waals surface area contributed by atoms with E-state index in [1.165, 1.54) is 5.56 Å². The zero-order chi connectivity index (χ0) is 12.8. The second-order valence-corrected chi connectivity index (χ2v) is 4.75. The zero-order valence-corrected chi connectivity index (χ0v) is 10.4. The van der Waals surface area contributed by atoms with Crippen molar-refractivity contribution in [2.45, 2.75) is 13.0 Å². The highest BCUT2D eigenvalue weighted by Gasteiger charge is 2.43. The summed E-state index contributed by atoms with van der Waals surface area (Å²) in [4.78, 5) is 4.27. The topological polar surface area (TPSA) is 52.1 Å². The molecule has 19 heavy (non-hydrogen) atoms. The number of nitrogens with one attached hydrogen (secondary N) is 1. The number of benzene rings is 1. The average molecular weight is 250 g/mol. The van der Waals surface area contributed by atoms with Crippen LogP contribution in [0, 0.1) is 6.92 Å². The standard InChI is InChI=1S/C14H11N5/c1-9-2-4-10(5-3-9)12-11-8-16-17-14-13(11)19(18-12)7-6-15-14/h2-8,13H,1H3/p+1. The van der Waals surface area contributed by atoms with E-state index in [-0.39, 0.29) is 6.04 Å². The predicted molar refractivity (Wildman–Crippen MR) is 75.8 cm³/mol. The number of hydrogen-bond acceptors (Lipinski definition) is 4. The van der Waals surface area contributed by atoms with Gasteiger partial charge in [0.2, 0.25) is 12.1 Å². The number of hydrazine groups is 1. The third-order valence-corrected chi connectivity index (χ3v) is 3.48. The molecule has 0 aromatic heterocycles. The second kappa shape index (κ2) is 3.71. The molecule has 5 nitrogen and oxygen atoms in total. The number of hydrazone groups is 1. The minimum atomic E-state index is 0.0406. The number of aryl methyl sites for hydroxylation is 1. The van der Waals surface area contributed by atoms with E-state index in [1.54, 1.807) is 6.21 Å². The van der Waals surface area contributed by atoms with E-state index in [0.717, 1.165) is 22.7 Å². The number of hydrogen-bond donors (Lipinski definition) is 1. The lowest BCUT2D eigenvalue weighted by Crippen LogP contribution is -2.40. The van der Waals surface area contributed by atoms with Crippen molar-refractivity contribution in [2.24, 2.45) is 15.2 Å². The lowest BCUT2D eigenvalue weighted by Gasteiger charge is -2.10. The van der Waals surface area contributed by atoms with Crippen LogP contribution in [-0.4, -0.2) is 35.2 Å². The molecular weight excluding hydrogens is 238 g/mol. The molecule has 0 fully saturated rings. The van der Waals surface area contributed by atoms with Gasteiger partial charge >= 0.3 is 0 Å². The van der Waals surface area contributed by atoms with Gasteiger partial charge in [-0.2, -0.15) is 10.5 Å². The van der Waals surface area contributed by atoms with E-state index in [4.69, 9.17) is 0 Å². The number of rotatable bonds is 1. The van der Waals surface area contributed by atoms with Gasteiger partial charge in [0.15, 0.2) is 0 Å². The maximum absolute atomic E-state index is 4.27. The molecule has 92 valence electrons. The Morgan fingerprint density at radius 1 is 1.21 bits per heavy atom. The van der Waals surface area contributed by atoms with E-state index in [1.807, 2.05) is 17.1 Å². The Morgan fingerprint density at radius 3 is 2.89 bits per heavy atom. The van der Waals surface area contributed by atoms with Crippen molar-refractivity contribution in [3.05, 3.63) is 41.0 Å². The number of amidine groups is 1. The van der Waals surface area contributed by atoms with Crippen molar-refractivity contribution in [3.63, 3.8) is 0 Å². The summed E-state index contributed by atoms with van der Waals surface area (Å²) in [5, 5.41) is 8.13. The Hall–Kier alpha value is -2.56. The summed E-state index contributed by atoms with van der Waals surface area (Å²) in [6, 6.07) is 8.49. The first-order valence-corrected chi connectivity index (χ1v) is 6.17. The highest BCUT2D eigenvalue weighted by Crippen LogP contribution is 2.28. The molecule has 1 atom stereocenters. The van der Waals surface area contributed by atoms with Crippen LogP contribution in [0.25, 0.3) is 5.70 Å². The Labute approximate surface area is 110 Å². The average Bonchev–Trinajstić information content (AvgIpc) is 2.82. The summed E-state index contributed by atoms with van der Waals surface area (Å²) in [5.74, 6) is 0.731. The number of nitrogens with zero attached hydrogens (tertiary/aromatic N) is 4. The maximum atomic E-state index is 4.27. The minimum absolute atomic E-state index is 0.0406. The molecule has 0 saturated heterocycles. The summed E-state index contributed by atoms with van der Waals surface area (Å²) in [5.41, 5.74) is 7.98. The largest absolute Gasteiger partial charge is 0.271 e. The first-order chi connectivity index (χ1) is 9.33. The van der Waals surface area contributed by atoms with E-state index >= 15 is 0 Å². The third kappa shape index (κ3) is 1.48. The summed E-state index contributed by atoms with van der Waals surface area (Å²) in [7, 11) is 0. The molecule has 1 aromatic rings. The quantitative estimate of drug-likeness (QED) is 0.747. The van der Waals surface area contributed by atoms with Gasteiger partial charge in [-0.3, -0.25) is 0 Å². The Balaban J connectivity index is 1.86. The van der Waals surface area contributed by atoms with Gasteiger partial charge in [-0.1, -0.05) is 29.8 Å². The van der Waals surface area contributed by atoms with E-state index < -0.39 is 0 Å². The van der Waals surface area contributed by atoms with Crippen molar-refractivity contribution in [1.29, 1.82) is 0 Å². The fraction of sp³-hybridized carbons (Fsp3) is 0.143. The van der Waals surface area contributed by atoms with Gasteiger partial charge in [0, 0.05) is 5.56 Å². The second-order valence-electron chi connectivity index (χ2n) is 4.75. The van der Waals surface area contributed by atoms with E-state index in [9.17, 15) is 0 Å². The lowest BCUT2D eigenvalue weighted by molar-refractivity contribution is -0.570. The predicted octanol–water partition coefficient (Wildman–Crippen LogP) is 1.16. The van der Waals surface area contributed by atoms with Gasteiger partial charge in [-0.25, -0.2) is 4.99 Å². The van der Waals surface area contributed by atoms with Crippen LogP contribution in [0.1, 0.15) is 11.1 Å². The molecule has 5 heteroatoms. The van der Waals surface area contributed by atoms with Crippen LogP contribution in [0.2, 0.25) is 0 Å². The van der Waals surface area contributed by atoms with Crippen molar-refractivity contribution in [2.75, 3.05) is 0 Å². The first-order valence-electron chi connectivity index (χ1n) is 6.17. The van der Waals surface area contributed by atoms with Crippen LogP contribution in [-0.2, 0) is 0 Å². The molecule has 4 rings (SSSR count). The molecule has 0 spiro atoms. The van der Waals surface area contributed by atoms with Gasteiger partial charge < -0.3 is 0 Å². The number of aliphatic imine (C=N–C) groups is 1. The van der Waals surface area contributed by atoms with Crippen LogP contribution in [0.3, 0.4) is 0 Å². The molecule has 0 amide bonds. The highest BCUT2D eigenvalue weighted by atomic mass is 15.5. The molecule has 0 saturated carbocycles. The Bertz CT molecular complexity index is 704. The highest BCUT2D eigenvalue weighted by molar-refractivity contribution is 6.21. The van der Waals surface area contributed by atoms with Gasteiger partial charge in [0.05, 0.1) is 18.0 Å². The molecule has 3 aliphatic heterocycles. The fourth-order valence-corrected chi connectivity index (χ4v) is 2.50. The molecule has 1 aromatic carbocycles. The van der Waals surface area contributed by atoms with Gasteiger partial charge in [-0.15, -0.1) is 9.79 Å². The SMILES string of the molecule is Cc1ccc(C2=C3C=NN=C4N=CC=[N+](N2)C43)cc1. The molecule has 1 unspecified atom stereocenters. The molecule has 0 radical (unpaired) electrons. The maximum Gasteiger partial charge on any atom is 0.271 e. The van der Waals surface area contributed by atoms with Crippen molar-refractivity contribution in [3.8, 4) is 0 Å². The van der Waals surface area contributed by atoms with Gasteiger partial charge in [0.25, 0.3) is 6.04 Å². The Morgan fingerprint density at radius 2 is 2.05 bits per heavy atom. The summed E-state index contributed by atoms with van der Waals surface area (Å²) in [6.45, 7) is 2.08. The van der Waals surface area contributed by atoms with Crippen LogP contribution in [0.4, 0.5) is 0 Å². The van der Waals surface area contributed by atoms with Crippen molar-refractivity contribution in [1.82, 2.24) is 5.43 Å². The van der Waals surface area contributed by atoms with Crippen LogP contribution >= 0.6 is 0 Å². The summed E-state index contributed by atoms with van der Waals surface area (Å²) >= 11 is 0. The molecular formula is C14H12N5+. The fourth-order valence-electron chi connectivity index (χ4n) is 2.50. The smallest absolute Gasteiger partial charge is 0.227 e. The van der Waals surface area contributed by atoms with Crippen molar-refractivity contribution >= 4 is 30.2 Å². The zero-order valence-electron chi connectivity index (χ0n) is 10.4. The van der Waals surface area contributed by atoms with Crippen molar-refractivity contribution < 1.29 is 4.68 Å². The molecule has 0 bridgehead atoms. The molecule has 1 N–H and O–H groups in total. The van der Waals surface area contributed by atoms with Crippen LogP contribution in [0.15, 0.2) is 45.0 Å². The monoisotopic (exact) mass is 250 g/mol. The summed E-state index contributed by atoms with van der Waals surface area (Å²) in [6.07, 6.45) is 5.47. The Kier molecular flexibility index (Phi) is 2.03. The first kappa shape index (κ1) is 10.4. The normalized spacial score (nSPS) is 22.9. The van der Waals surface area contributed by atoms with Gasteiger partial charge in [0.1, 0.15) is 5.70 Å². The third-order valence-electron chi connectivity index (χ3n) is 3.48. The molecule has 3 aliphatic rings. The van der Waals surface area contributed by atoms with Crippen LogP contribution in [0.5, 0.6) is 0 Å². The van der Waals surface area contributed by atoms with E-state index in [0.29, 0.717) is 0 Å². The lowest BCUT2D eigenvalue weighted by atomic mass is 10.0. The minimum Gasteiger partial charge on any atom is -0.227 e. The molecule has 3 heterocycles. The molecule has 0 aliphatic carbocycles. The van der Waals surface area contributed by atoms with Gasteiger partial charge in [-0.05, 0) is 6.92 Å². The summed E-state index contributed by atoms with van der Waals surface area (Å²) < 4.78 is 2.02. The van der Waals surface area contributed by atoms with Crippen LogP contribution < -0.4 is 5.43 Å². The van der Waals surface area contributed by atoms with E-state index in [2.05, 4.69) is 51.8 Å².